The highest BCUT2D eigenvalue weighted by Gasteiger charge is 1.60. The molecule has 0 saturated heterocycles. The summed E-state index contributed by atoms with van der Waals surface area (Å²) >= 11 is 0. The zero-order valence-corrected chi connectivity index (χ0v) is 20.9. The first kappa shape index (κ1) is 35.8. The summed E-state index contributed by atoms with van der Waals surface area (Å²) in [5, 5.41) is 7.07. The number of aromatic nitrogens is 7. The average Bonchev–Trinajstić information content (AvgIpc) is 2.98. The number of hydrogen-bond acceptors (Lipinski definition) is 7. The van der Waals surface area contributed by atoms with Gasteiger partial charge in [0.2, 0.25) is 0 Å². The van der Waals surface area contributed by atoms with Crippen LogP contribution in [-0.4, -0.2) is 35.1 Å². The van der Waals surface area contributed by atoms with E-state index in [1.165, 1.54) is 6.33 Å². The maximum atomic E-state index is 3.78. The molecule has 0 atom stereocenters. The van der Waals surface area contributed by atoms with Crippen molar-refractivity contribution in [2.75, 3.05) is 0 Å². The van der Waals surface area contributed by atoms with E-state index in [9.17, 15) is 0 Å². The summed E-state index contributed by atoms with van der Waals surface area (Å²) in [5.74, 6) is 0. The standard InChI is InChI=1S/C5H5N.3C4H4N2.4C2H6/c1-2-4-6-5-3-1;1-2-6-4-3-5-1;1-2-5-4-6-3-1;1-2-4-6-5-3-1;4*1-2/h1-5H;3*1-4H;4*1-2H3. The first-order valence-electron chi connectivity index (χ1n) is 11.0. The van der Waals surface area contributed by atoms with Crippen molar-refractivity contribution in [3.8, 4) is 0 Å². The lowest BCUT2D eigenvalue weighted by Crippen LogP contribution is -1.69. The van der Waals surface area contributed by atoms with Crippen LogP contribution in [-0.2, 0) is 0 Å². The van der Waals surface area contributed by atoms with Gasteiger partial charge in [0.15, 0.2) is 0 Å². The van der Waals surface area contributed by atoms with E-state index in [1.54, 1.807) is 68.0 Å². The number of hydrogen-bond donors (Lipinski definition) is 0. The molecule has 0 aliphatic carbocycles. The lowest BCUT2D eigenvalue weighted by Gasteiger charge is -1.70. The van der Waals surface area contributed by atoms with Gasteiger partial charge in [-0.05, 0) is 30.3 Å². The van der Waals surface area contributed by atoms with Gasteiger partial charge < -0.3 is 0 Å². The van der Waals surface area contributed by atoms with Gasteiger partial charge in [-0.1, -0.05) is 61.5 Å². The van der Waals surface area contributed by atoms with Crippen molar-refractivity contribution >= 4 is 0 Å². The summed E-state index contributed by atoms with van der Waals surface area (Å²) in [5.41, 5.74) is 0. The van der Waals surface area contributed by atoms with Crippen LogP contribution >= 0.6 is 0 Å². The molecule has 7 heteroatoms. The molecule has 0 radical (unpaired) electrons. The lowest BCUT2D eigenvalue weighted by molar-refractivity contribution is 1.03. The molecular formula is C25H41N7. The summed E-state index contributed by atoms with van der Waals surface area (Å²) in [6, 6.07) is 11.1. The maximum absolute atomic E-state index is 3.78. The number of pyridine rings is 1. The molecule has 0 unspecified atom stereocenters. The second-order valence-electron chi connectivity index (χ2n) is 3.74. The second kappa shape index (κ2) is 45.9. The smallest absolute Gasteiger partial charge is 0.115 e. The summed E-state index contributed by atoms with van der Waals surface area (Å²) in [7, 11) is 0. The van der Waals surface area contributed by atoms with Gasteiger partial charge in [-0.3, -0.25) is 15.0 Å². The molecule has 0 aliphatic heterocycles. The molecule has 0 bridgehead atoms. The highest BCUT2D eigenvalue weighted by atomic mass is 15.1. The largest absolute Gasteiger partial charge is 0.265 e. The summed E-state index contributed by atoms with van der Waals surface area (Å²) in [4.78, 5) is 18.6. The first-order valence-corrected chi connectivity index (χ1v) is 11.0. The molecule has 0 spiro atoms. The van der Waals surface area contributed by atoms with E-state index < -0.39 is 0 Å². The average molecular weight is 440 g/mol. The monoisotopic (exact) mass is 439 g/mol. The first-order chi connectivity index (χ1) is 16.0. The van der Waals surface area contributed by atoms with Gasteiger partial charge in [-0.25, -0.2) is 9.97 Å². The molecule has 0 N–H and O–H groups in total. The van der Waals surface area contributed by atoms with E-state index in [2.05, 4.69) is 35.1 Å². The second-order valence-corrected chi connectivity index (χ2v) is 3.74. The molecule has 0 fully saturated rings. The Morgan fingerprint density at radius 1 is 0.281 bits per heavy atom. The van der Waals surface area contributed by atoms with Crippen molar-refractivity contribution in [1.29, 1.82) is 0 Å². The van der Waals surface area contributed by atoms with Crippen molar-refractivity contribution in [1.82, 2.24) is 35.1 Å². The molecule has 7 nitrogen and oxygen atoms in total. The van der Waals surface area contributed by atoms with Gasteiger partial charge in [0.05, 0.1) is 0 Å². The number of nitrogens with zero attached hydrogens (tertiary/aromatic N) is 7. The molecule has 4 heterocycles. The molecule has 0 saturated carbocycles. The van der Waals surface area contributed by atoms with Gasteiger partial charge in [-0.15, -0.1) is 0 Å². The van der Waals surface area contributed by atoms with Crippen LogP contribution in [0.4, 0.5) is 0 Å². The van der Waals surface area contributed by atoms with Crippen LogP contribution in [0, 0.1) is 0 Å². The minimum absolute atomic E-state index is 1.50. The highest BCUT2D eigenvalue weighted by molar-refractivity contribution is 4.88. The van der Waals surface area contributed by atoms with Crippen LogP contribution in [0.5, 0.6) is 0 Å². The Morgan fingerprint density at radius 2 is 0.594 bits per heavy atom. The van der Waals surface area contributed by atoms with Crippen molar-refractivity contribution < 1.29 is 0 Å². The molecule has 4 aromatic rings. The predicted octanol–water partition coefficient (Wildman–Crippen LogP) is 6.62. The minimum Gasteiger partial charge on any atom is -0.265 e. The fourth-order valence-electron chi connectivity index (χ4n) is 1.07. The summed E-state index contributed by atoms with van der Waals surface area (Å²) in [6.45, 7) is 16.0. The Kier molecular flexibility index (Phi) is 51.3. The Balaban J connectivity index is -0.000000148. The molecule has 0 aliphatic rings. The third-order valence-corrected chi connectivity index (χ3v) is 2.00. The Labute approximate surface area is 195 Å². The van der Waals surface area contributed by atoms with Gasteiger partial charge in [0.1, 0.15) is 6.33 Å². The molecule has 0 aromatic carbocycles. The Hall–Kier alpha value is -3.61. The van der Waals surface area contributed by atoms with Crippen LogP contribution in [0.25, 0.3) is 0 Å². The van der Waals surface area contributed by atoms with E-state index in [0.717, 1.165) is 0 Å². The van der Waals surface area contributed by atoms with Gasteiger partial charge in [-0.2, -0.15) is 10.2 Å². The zero-order chi connectivity index (χ0) is 25.0. The van der Waals surface area contributed by atoms with Gasteiger partial charge >= 0.3 is 0 Å². The fourth-order valence-corrected chi connectivity index (χ4v) is 1.07. The molecule has 0 amide bonds. The minimum atomic E-state index is 1.50. The third-order valence-electron chi connectivity index (χ3n) is 2.00. The predicted molar refractivity (Wildman–Crippen MR) is 136 cm³/mol. The van der Waals surface area contributed by atoms with Crippen molar-refractivity contribution in [3.63, 3.8) is 0 Å². The van der Waals surface area contributed by atoms with Crippen molar-refractivity contribution in [3.05, 3.63) is 105 Å². The van der Waals surface area contributed by atoms with E-state index in [4.69, 9.17) is 0 Å². The maximum Gasteiger partial charge on any atom is 0.115 e. The highest BCUT2D eigenvalue weighted by Crippen LogP contribution is 1.73. The third kappa shape index (κ3) is 40.9. The number of rotatable bonds is 0. The Morgan fingerprint density at radius 3 is 0.719 bits per heavy atom. The van der Waals surface area contributed by atoms with Crippen molar-refractivity contribution in [2.24, 2.45) is 0 Å². The summed E-state index contributed by atoms with van der Waals surface area (Å²) in [6.07, 6.45) is 18.2. The van der Waals surface area contributed by atoms with Crippen LogP contribution in [0.1, 0.15) is 55.4 Å². The Bertz CT molecular complexity index is 438. The van der Waals surface area contributed by atoms with Gasteiger partial charge in [0, 0.05) is 62.0 Å². The van der Waals surface area contributed by atoms with Crippen LogP contribution in [0.2, 0.25) is 0 Å². The summed E-state index contributed by atoms with van der Waals surface area (Å²) < 4.78 is 0. The van der Waals surface area contributed by atoms with Gasteiger partial charge in [0.25, 0.3) is 0 Å². The van der Waals surface area contributed by atoms with E-state index in [1.807, 2.05) is 85.7 Å². The fraction of sp³-hybridized carbons (Fsp3) is 0.320. The van der Waals surface area contributed by atoms with E-state index in [-0.39, 0.29) is 0 Å². The van der Waals surface area contributed by atoms with Crippen LogP contribution in [0.15, 0.2) is 105 Å². The molecular weight excluding hydrogens is 398 g/mol. The topological polar surface area (TPSA) is 90.2 Å². The lowest BCUT2D eigenvalue weighted by atomic mass is 10.5. The van der Waals surface area contributed by atoms with Crippen molar-refractivity contribution in [2.45, 2.75) is 55.4 Å². The zero-order valence-electron chi connectivity index (χ0n) is 20.9. The molecule has 176 valence electrons. The molecule has 4 aromatic heterocycles. The molecule has 4 rings (SSSR count). The normalized spacial score (nSPS) is 6.75. The van der Waals surface area contributed by atoms with E-state index >= 15 is 0 Å². The quantitative estimate of drug-likeness (QED) is 0.304. The SMILES string of the molecule is CC.CC.CC.CC.c1ccncc1.c1ccnnc1.c1cnccn1.c1cncnc1. The van der Waals surface area contributed by atoms with Crippen LogP contribution in [0.3, 0.4) is 0 Å². The van der Waals surface area contributed by atoms with E-state index in [0.29, 0.717) is 0 Å². The molecule has 32 heavy (non-hydrogen) atoms. The van der Waals surface area contributed by atoms with Crippen LogP contribution < -0.4 is 0 Å².